The molecule has 2 bridgehead atoms. The number of carbonyl (C=O) groups excluding carboxylic acids is 2. The standard InChI is InChI=1S/C38H51ClN4O6S/c1-5-31-27(3)21-43-23-38(16-7-10-28-19-30(39)13-14-32(28)38)24-49-35-15-12-29(20-33(35)43)36(44)40-50(46,22-26(2)9-6-11-34(31)47-4)41-37(45)42-17-8-18-48-25-42/h6,11-15,19-20,26-27,31,34H,5,7-10,16-18,21-25H2,1-4H3,(H,40,41,44,45,46)/b11-6+/t26-,27-,31+,34-,38-,50-/m0/s1. The van der Waals surface area contributed by atoms with Crippen LogP contribution in [0.2, 0.25) is 5.02 Å². The maximum absolute atomic E-state index is 14.5. The number of fused-ring (bicyclic) bond motifs is 3. The maximum Gasteiger partial charge on any atom is 0.331 e. The highest BCUT2D eigenvalue weighted by Crippen LogP contribution is 2.45. The molecule has 1 fully saturated rings. The molecule has 1 spiro atoms. The number of ether oxygens (including phenoxy) is 3. The Hall–Kier alpha value is -3.12. The summed E-state index contributed by atoms with van der Waals surface area (Å²) in [5.74, 6) is 0.371. The van der Waals surface area contributed by atoms with Gasteiger partial charge in [0.05, 0.1) is 30.8 Å². The van der Waals surface area contributed by atoms with Crippen LogP contribution in [-0.2, 0) is 31.2 Å². The van der Waals surface area contributed by atoms with E-state index in [1.165, 1.54) is 16.0 Å². The van der Waals surface area contributed by atoms with Crippen molar-refractivity contribution < 1.29 is 28.0 Å². The van der Waals surface area contributed by atoms with Crippen LogP contribution in [0.15, 0.2) is 52.9 Å². The minimum Gasteiger partial charge on any atom is -0.490 e. The van der Waals surface area contributed by atoms with Crippen molar-refractivity contribution in [1.82, 2.24) is 9.62 Å². The van der Waals surface area contributed by atoms with E-state index in [-0.39, 0.29) is 41.8 Å². The summed E-state index contributed by atoms with van der Waals surface area (Å²) in [5.41, 5.74) is 3.34. The van der Waals surface area contributed by atoms with Crippen molar-refractivity contribution >= 4 is 39.1 Å². The van der Waals surface area contributed by atoms with Crippen LogP contribution in [0.25, 0.3) is 0 Å². The van der Waals surface area contributed by atoms with Gasteiger partial charge < -0.3 is 24.0 Å². The smallest absolute Gasteiger partial charge is 0.331 e. The van der Waals surface area contributed by atoms with Gasteiger partial charge in [-0.15, -0.1) is 4.36 Å². The lowest BCUT2D eigenvalue weighted by Crippen LogP contribution is -2.47. The number of hydrogen-bond donors (Lipinski definition) is 1. The van der Waals surface area contributed by atoms with Crippen molar-refractivity contribution in [2.24, 2.45) is 22.1 Å². The number of nitrogens with one attached hydrogen (secondary N) is 1. The van der Waals surface area contributed by atoms with Crippen molar-refractivity contribution in [2.45, 2.75) is 70.8 Å². The predicted octanol–water partition coefficient (Wildman–Crippen LogP) is 7.00. The first-order chi connectivity index (χ1) is 24.0. The van der Waals surface area contributed by atoms with Gasteiger partial charge >= 0.3 is 6.03 Å². The number of nitrogens with zero attached hydrogens (tertiary/aromatic N) is 3. The summed E-state index contributed by atoms with van der Waals surface area (Å²) < 4.78 is 39.6. The van der Waals surface area contributed by atoms with Crippen LogP contribution in [0, 0.1) is 17.8 Å². The van der Waals surface area contributed by atoms with E-state index in [9.17, 15) is 13.8 Å². The van der Waals surface area contributed by atoms with Gasteiger partial charge in [-0.05, 0) is 91.3 Å². The van der Waals surface area contributed by atoms with E-state index in [4.69, 9.17) is 25.8 Å². The van der Waals surface area contributed by atoms with Crippen LogP contribution >= 0.6 is 11.6 Å². The van der Waals surface area contributed by atoms with E-state index in [1.54, 1.807) is 13.2 Å². The molecule has 0 unspecified atom stereocenters. The van der Waals surface area contributed by atoms with Crippen LogP contribution in [0.3, 0.4) is 0 Å². The fraction of sp³-hybridized carbons (Fsp3) is 0.579. The number of carbonyl (C=O) groups is 2. The number of hydrogen-bond acceptors (Lipinski definition) is 7. The Bertz CT molecular complexity index is 1720. The molecule has 0 radical (unpaired) electrons. The van der Waals surface area contributed by atoms with Gasteiger partial charge in [-0.3, -0.25) is 4.79 Å². The summed E-state index contributed by atoms with van der Waals surface area (Å²) in [6.45, 7) is 9.47. The molecule has 2 aromatic rings. The Kier molecular flexibility index (Phi) is 11.5. The summed E-state index contributed by atoms with van der Waals surface area (Å²) in [5, 5.41) is 0.736. The number of aryl methyl sites for hydroxylation is 1. The van der Waals surface area contributed by atoms with Gasteiger partial charge in [0.1, 0.15) is 22.4 Å². The summed E-state index contributed by atoms with van der Waals surface area (Å²) in [4.78, 5) is 31.0. The van der Waals surface area contributed by atoms with Gasteiger partial charge in [0, 0.05) is 42.7 Å². The molecule has 1 N–H and O–H groups in total. The lowest BCUT2D eigenvalue weighted by Gasteiger charge is -2.42. The molecular weight excluding hydrogens is 676 g/mol. The second-order valence-corrected chi connectivity index (χ2v) is 17.0. The van der Waals surface area contributed by atoms with Crippen molar-refractivity contribution in [3.8, 4) is 5.75 Å². The van der Waals surface area contributed by atoms with Crippen LogP contribution < -0.4 is 14.4 Å². The second-order valence-electron chi connectivity index (χ2n) is 14.6. The molecule has 4 aliphatic rings. The van der Waals surface area contributed by atoms with Gasteiger partial charge in [0.2, 0.25) is 0 Å². The molecular formula is C38H51ClN4O6S. The van der Waals surface area contributed by atoms with E-state index in [0.717, 1.165) is 36.4 Å². The molecule has 272 valence electrons. The largest absolute Gasteiger partial charge is 0.490 e. The molecule has 0 aromatic heterocycles. The quantitative estimate of drug-likeness (QED) is 0.340. The molecule has 6 rings (SSSR count). The highest BCUT2D eigenvalue weighted by atomic mass is 35.5. The van der Waals surface area contributed by atoms with E-state index in [0.29, 0.717) is 57.0 Å². The number of benzene rings is 2. The number of allylic oxidation sites excluding steroid dienone is 1. The normalized spacial score (nSPS) is 31.2. The van der Waals surface area contributed by atoms with Gasteiger partial charge in [-0.25, -0.2) is 13.7 Å². The molecule has 1 saturated heterocycles. The van der Waals surface area contributed by atoms with Gasteiger partial charge in [0.25, 0.3) is 5.91 Å². The zero-order valence-electron chi connectivity index (χ0n) is 29.7. The lowest BCUT2D eigenvalue weighted by atomic mass is 9.70. The molecule has 1 aliphatic carbocycles. The minimum absolute atomic E-state index is 0.0148. The molecule has 0 saturated carbocycles. The first-order valence-electron chi connectivity index (χ1n) is 18.0. The maximum atomic E-state index is 14.5. The van der Waals surface area contributed by atoms with Crippen LogP contribution in [0.5, 0.6) is 5.75 Å². The van der Waals surface area contributed by atoms with Gasteiger partial charge in [0.15, 0.2) is 0 Å². The van der Waals surface area contributed by atoms with Crippen molar-refractivity contribution in [3.05, 3.63) is 70.3 Å². The summed E-state index contributed by atoms with van der Waals surface area (Å²) in [6, 6.07) is 11.0. The number of methoxy groups -OCH3 is 1. The second kappa shape index (κ2) is 15.6. The van der Waals surface area contributed by atoms with Gasteiger partial charge in [-0.2, -0.15) is 0 Å². The number of amides is 3. The molecule has 6 atom stereocenters. The van der Waals surface area contributed by atoms with Crippen molar-refractivity contribution in [1.29, 1.82) is 0 Å². The number of rotatable bonds is 3. The molecule has 3 aliphatic heterocycles. The minimum atomic E-state index is -3.50. The Labute approximate surface area is 302 Å². The Morgan fingerprint density at radius 3 is 2.80 bits per heavy atom. The van der Waals surface area contributed by atoms with E-state index < -0.39 is 21.9 Å². The monoisotopic (exact) mass is 726 g/mol. The van der Waals surface area contributed by atoms with Crippen molar-refractivity contribution in [2.75, 3.05) is 57.3 Å². The fourth-order valence-electron chi connectivity index (χ4n) is 8.23. The van der Waals surface area contributed by atoms with Crippen LogP contribution in [-0.4, -0.2) is 79.6 Å². The number of anilines is 1. The fourth-order valence-corrected chi connectivity index (χ4v) is 10.3. The predicted molar refractivity (Wildman–Crippen MR) is 197 cm³/mol. The van der Waals surface area contributed by atoms with E-state index in [2.05, 4.69) is 52.1 Å². The van der Waals surface area contributed by atoms with Crippen LogP contribution in [0.1, 0.15) is 74.4 Å². The third kappa shape index (κ3) is 8.01. The Morgan fingerprint density at radius 2 is 2.04 bits per heavy atom. The van der Waals surface area contributed by atoms with E-state index in [1.807, 2.05) is 25.1 Å². The molecule has 3 heterocycles. The molecule has 2 aromatic carbocycles. The van der Waals surface area contributed by atoms with Crippen LogP contribution in [0.4, 0.5) is 10.5 Å². The highest BCUT2D eigenvalue weighted by molar-refractivity contribution is 7.92. The first-order valence-corrected chi connectivity index (χ1v) is 20.0. The third-order valence-electron chi connectivity index (χ3n) is 10.8. The number of urea groups is 1. The SMILES string of the molecule is CC[C@H]1[C@@H](OC)/C=C/C[C@H](C)C[S@@](=O)(NC(=O)N2CCCOC2)=NC(=O)c2ccc3c(c2)N(C[C@@H]1C)C[C@@]1(CCCc2cc(Cl)ccc21)CO3. The highest BCUT2D eigenvalue weighted by Gasteiger charge is 2.42. The molecule has 10 nitrogen and oxygen atoms in total. The summed E-state index contributed by atoms with van der Waals surface area (Å²) >= 11 is 6.46. The third-order valence-corrected chi connectivity index (χ3v) is 13.0. The first kappa shape index (κ1) is 36.7. The summed E-state index contributed by atoms with van der Waals surface area (Å²) in [7, 11) is -1.75. The van der Waals surface area contributed by atoms with E-state index >= 15 is 0 Å². The summed E-state index contributed by atoms with van der Waals surface area (Å²) in [6.07, 6.45) is 9.20. The lowest BCUT2D eigenvalue weighted by molar-refractivity contribution is 0.0102. The molecule has 12 heteroatoms. The molecule has 3 amide bonds. The van der Waals surface area contributed by atoms with Gasteiger partial charge in [-0.1, -0.05) is 57.0 Å². The number of halogens is 1. The Morgan fingerprint density at radius 1 is 1.20 bits per heavy atom. The zero-order chi connectivity index (χ0) is 35.5. The van der Waals surface area contributed by atoms with Crippen molar-refractivity contribution in [3.63, 3.8) is 0 Å². The average molecular weight is 727 g/mol. The topological polar surface area (TPSA) is 110 Å². The molecule has 50 heavy (non-hydrogen) atoms. The zero-order valence-corrected chi connectivity index (χ0v) is 31.3. The average Bonchev–Trinajstić information content (AvgIpc) is 3.24. The Balaban J connectivity index is 1.43.